The van der Waals surface area contributed by atoms with Crippen LogP contribution in [-0.4, -0.2) is 54.5 Å². The number of phenols is 1. The lowest BCUT2D eigenvalue weighted by atomic mass is 10.1. The fourth-order valence-corrected chi connectivity index (χ4v) is 3.70. The van der Waals surface area contributed by atoms with Crippen LogP contribution in [0, 0.1) is 0 Å². The molecule has 0 unspecified atom stereocenters. The minimum atomic E-state index is -3.72. The van der Waals surface area contributed by atoms with Gasteiger partial charge in [0.05, 0.1) is 18.3 Å². The number of hydrogen-bond donors (Lipinski definition) is 2. The number of nitrogens with one attached hydrogen (secondary N) is 1. The third-order valence-electron chi connectivity index (χ3n) is 3.01. The van der Waals surface area contributed by atoms with Crippen molar-refractivity contribution < 1.29 is 27.9 Å². The SMILES string of the molecule is COc1cccc(/C=C2\SC(=S)N(CC(=O)NS(C)(=O)=O)C2=O)c1O. The number of carbonyl (C=O) groups excluding carboxylic acids is 2. The number of ether oxygens (including phenoxy) is 1. The summed E-state index contributed by atoms with van der Waals surface area (Å²) in [4.78, 5) is 25.3. The Bertz CT molecular complexity index is 879. The highest BCUT2D eigenvalue weighted by Gasteiger charge is 2.34. The van der Waals surface area contributed by atoms with Crippen molar-refractivity contribution in [1.82, 2.24) is 9.62 Å². The number of hydrogen-bond acceptors (Lipinski definition) is 8. The quantitative estimate of drug-likeness (QED) is 0.546. The number of benzene rings is 1. The molecule has 1 aromatic carbocycles. The molecule has 0 aliphatic carbocycles. The first-order valence-electron chi connectivity index (χ1n) is 6.74. The molecule has 134 valence electrons. The molecule has 8 nitrogen and oxygen atoms in total. The second-order valence-corrected chi connectivity index (χ2v) is 8.39. The molecule has 1 heterocycles. The Morgan fingerprint density at radius 3 is 2.76 bits per heavy atom. The Hall–Kier alpha value is -2.11. The van der Waals surface area contributed by atoms with E-state index in [1.165, 1.54) is 13.2 Å². The molecule has 25 heavy (non-hydrogen) atoms. The van der Waals surface area contributed by atoms with E-state index in [1.54, 1.807) is 22.9 Å². The summed E-state index contributed by atoms with van der Waals surface area (Å²) in [7, 11) is -2.32. The molecule has 0 aromatic heterocycles. The number of para-hydroxylation sites is 1. The largest absolute Gasteiger partial charge is 0.504 e. The maximum atomic E-state index is 12.4. The van der Waals surface area contributed by atoms with Crippen LogP contribution in [0.15, 0.2) is 23.1 Å². The number of sulfonamides is 1. The molecule has 1 fully saturated rings. The van der Waals surface area contributed by atoms with Crippen LogP contribution in [-0.2, 0) is 19.6 Å². The van der Waals surface area contributed by atoms with E-state index in [0.717, 1.165) is 22.9 Å². The first-order valence-corrected chi connectivity index (χ1v) is 9.86. The van der Waals surface area contributed by atoms with Gasteiger partial charge in [-0.15, -0.1) is 0 Å². The smallest absolute Gasteiger partial charge is 0.266 e. The predicted molar refractivity (Wildman–Crippen MR) is 97.5 cm³/mol. The molecular weight excluding hydrogens is 388 g/mol. The summed E-state index contributed by atoms with van der Waals surface area (Å²) in [5.74, 6) is -1.31. The van der Waals surface area contributed by atoms with Crippen LogP contribution >= 0.6 is 24.0 Å². The highest BCUT2D eigenvalue weighted by Crippen LogP contribution is 2.36. The molecule has 0 atom stereocenters. The normalized spacial score (nSPS) is 16.4. The molecule has 11 heteroatoms. The fraction of sp³-hybridized carbons (Fsp3) is 0.214. The predicted octanol–water partition coefficient (Wildman–Crippen LogP) is 0.678. The number of carbonyl (C=O) groups is 2. The van der Waals surface area contributed by atoms with E-state index >= 15 is 0 Å². The van der Waals surface area contributed by atoms with Crippen molar-refractivity contribution in [1.29, 1.82) is 0 Å². The molecular formula is C14H14N2O6S3. The van der Waals surface area contributed by atoms with Crippen LogP contribution in [0.25, 0.3) is 6.08 Å². The van der Waals surface area contributed by atoms with Crippen molar-refractivity contribution in [2.45, 2.75) is 0 Å². The summed E-state index contributed by atoms with van der Waals surface area (Å²) in [6.07, 6.45) is 2.26. The van der Waals surface area contributed by atoms with E-state index < -0.39 is 28.4 Å². The van der Waals surface area contributed by atoms with Crippen molar-refractivity contribution >= 4 is 56.2 Å². The molecule has 0 spiro atoms. The Labute approximate surface area is 153 Å². The maximum absolute atomic E-state index is 12.4. The van der Waals surface area contributed by atoms with E-state index in [1.807, 2.05) is 0 Å². The van der Waals surface area contributed by atoms with Crippen LogP contribution in [0.3, 0.4) is 0 Å². The molecule has 2 amide bonds. The van der Waals surface area contributed by atoms with Gasteiger partial charge in [0.15, 0.2) is 11.5 Å². The highest BCUT2D eigenvalue weighted by atomic mass is 32.2. The first-order chi connectivity index (χ1) is 11.6. The zero-order valence-corrected chi connectivity index (χ0v) is 15.6. The second kappa shape index (κ2) is 7.42. The minimum absolute atomic E-state index is 0.113. The van der Waals surface area contributed by atoms with Crippen molar-refractivity contribution in [2.24, 2.45) is 0 Å². The lowest BCUT2D eigenvalue weighted by molar-refractivity contribution is -0.127. The number of methoxy groups -OCH3 is 1. The van der Waals surface area contributed by atoms with E-state index in [2.05, 4.69) is 0 Å². The van der Waals surface area contributed by atoms with Crippen LogP contribution in [0.5, 0.6) is 11.5 Å². The third kappa shape index (κ3) is 4.71. The van der Waals surface area contributed by atoms with Gasteiger partial charge in [0.25, 0.3) is 11.8 Å². The topological polar surface area (TPSA) is 113 Å². The van der Waals surface area contributed by atoms with Gasteiger partial charge in [-0.25, -0.2) is 8.42 Å². The summed E-state index contributed by atoms with van der Waals surface area (Å²) in [5, 5.41) is 10.1. The number of rotatable bonds is 5. The average Bonchev–Trinajstić information content (AvgIpc) is 2.75. The van der Waals surface area contributed by atoms with Crippen LogP contribution in [0.4, 0.5) is 0 Å². The third-order valence-corrected chi connectivity index (χ3v) is 4.99. The van der Waals surface area contributed by atoms with Gasteiger partial charge in [-0.1, -0.05) is 36.1 Å². The van der Waals surface area contributed by atoms with Crippen molar-refractivity contribution in [2.75, 3.05) is 19.9 Å². The van der Waals surface area contributed by atoms with Crippen LogP contribution < -0.4 is 9.46 Å². The molecule has 1 aliphatic rings. The summed E-state index contributed by atoms with van der Waals surface area (Å²) < 4.78 is 29.0. The molecule has 2 N–H and O–H groups in total. The highest BCUT2D eigenvalue weighted by molar-refractivity contribution is 8.26. The standard InChI is InChI=1S/C14H14N2O6S3/c1-22-9-5-3-4-8(12(9)18)6-10-13(19)16(14(23)24-10)7-11(17)15-25(2,20)21/h3-6,18H,7H2,1-2H3,(H,15,17)/b10-6-. The number of nitrogens with zero attached hydrogens (tertiary/aromatic N) is 1. The summed E-state index contributed by atoms with van der Waals surface area (Å²) >= 11 is 6.01. The average molecular weight is 402 g/mol. The minimum Gasteiger partial charge on any atom is -0.504 e. The van der Waals surface area contributed by atoms with Gasteiger partial charge in [0, 0.05) is 5.56 Å². The number of amides is 2. The number of phenolic OH excluding ortho intramolecular Hbond substituents is 1. The number of thioether (sulfide) groups is 1. The molecule has 1 saturated heterocycles. The monoisotopic (exact) mass is 402 g/mol. The number of aromatic hydroxyl groups is 1. The first kappa shape index (κ1) is 19.2. The summed E-state index contributed by atoms with van der Waals surface area (Å²) in [6.45, 7) is -0.515. The van der Waals surface area contributed by atoms with Gasteiger partial charge < -0.3 is 9.84 Å². The Morgan fingerprint density at radius 2 is 2.16 bits per heavy atom. The lowest BCUT2D eigenvalue weighted by Gasteiger charge is -2.13. The van der Waals surface area contributed by atoms with Crippen molar-refractivity contribution in [3.63, 3.8) is 0 Å². The molecule has 1 aromatic rings. The van der Waals surface area contributed by atoms with E-state index in [4.69, 9.17) is 17.0 Å². The van der Waals surface area contributed by atoms with Gasteiger partial charge in [-0.05, 0) is 12.1 Å². The molecule has 0 bridgehead atoms. The van der Waals surface area contributed by atoms with Gasteiger partial charge in [-0.3, -0.25) is 19.2 Å². The molecule has 1 aliphatic heterocycles. The van der Waals surface area contributed by atoms with E-state index in [9.17, 15) is 23.1 Å². The van der Waals surface area contributed by atoms with Gasteiger partial charge in [0.2, 0.25) is 10.0 Å². The van der Waals surface area contributed by atoms with Crippen LogP contribution in [0.2, 0.25) is 0 Å². The van der Waals surface area contributed by atoms with E-state index in [-0.39, 0.29) is 20.7 Å². The molecule has 0 saturated carbocycles. The zero-order chi connectivity index (χ0) is 18.8. The maximum Gasteiger partial charge on any atom is 0.266 e. The Balaban J connectivity index is 2.22. The molecule has 2 rings (SSSR count). The van der Waals surface area contributed by atoms with Gasteiger partial charge in [-0.2, -0.15) is 0 Å². The number of thiocarbonyl (C=S) groups is 1. The van der Waals surface area contributed by atoms with Gasteiger partial charge in [0.1, 0.15) is 10.9 Å². The second-order valence-electron chi connectivity index (χ2n) is 4.96. The lowest BCUT2D eigenvalue weighted by Crippen LogP contribution is -2.41. The summed E-state index contributed by atoms with van der Waals surface area (Å²) in [5.41, 5.74) is 0.348. The van der Waals surface area contributed by atoms with Crippen molar-refractivity contribution in [3.8, 4) is 11.5 Å². The summed E-state index contributed by atoms with van der Waals surface area (Å²) in [6, 6.07) is 4.79. The van der Waals surface area contributed by atoms with Crippen molar-refractivity contribution in [3.05, 3.63) is 28.7 Å². The Kier molecular flexibility index (Phi) is 5.70. The zero-order valence-electron chi connectivity index (χ0n) is 13.2. The Morgan fingerprint density at radius 1 is 1.48 bits per heavy atom. The molecule has 0 radical (unpaired) electrons. The fourth-order valence-electron chi connectivity index (χ4n) is 1.98. The van der Waals surface area contributed by atoms with E-state index in [0.29, 0.717) is 5.56 Å². The van der Waals surface area contributed by atoms with Crippen LogP contribution in [0.1, 0.15) is 5.56 Å². The van der Waals surface area contributed by atoms with Gasteiger partial charge >= 0.3 is 0 Å².